The standard InChI is InChI=1S/C28H24N4O2/c1-17-25(29-18(2)26(17)19-9-5-3-6-10-19)16-23-22-15-21(13-14-24(22)32-27(23)33)31-28(34)30-20-11-7-4-8-12-20/h3-16,29H,1-2H3,(H,32,33)(H2,30,31,34)/b23-16-. The van der Waals surface area contributed by atoms with Gasteiger partial charge in [-0.05, 0) is 61.4 Å². The van der Waals surface area contributed by atoms with E-state index in [0.29, 0.717) is 16.9 Å². The van der Waals surface area contributed by atoms with E-state index >= 15 is 0 Å². The van der Waals surface area contributed by atoms with Crippen molar-refractivity contribution < 1.29 is 9.59 Å². The fourth-order valence-electron chi connectivity index (χ4n) is 4.32. The van der Waals surface area contributed by atoms with Gasteiger partial charge in [0.15, 0.2) is 0 Å². The number of para-hydroxylation sites is 1. The average Bonchev–Trinajstić information content (AvgIpc) is 3.29. The summed E-state index contributed by atoms with van der Waals surface area (Å²) < 4.78 is 0. The van der Waals surface area contributed by atoms with E-state index in [-0.39, 0.29) is 11.9 Å². The van der Waals surface area contributed by atoms with Crippen LogP contribution in [-0.2, 0) is 4.79 Å². The van der Waals surface area contributed by atoms with Gasteiger partial charge in [-0.2, -0.15) is 0 Å². The van der Waals surface area contributed by atoms with Gasteiger partial charge in [-0.15, -0.1) is 0 Å². The number of carbonyl (C=O) groups excluding carboxylic acids is 2. The molecule has 1 aliphatic rings. The van der Waals surface area contributed by atoms with Crippen LogP contribution in [0.4, 0.5) is 21.9 Å². The number of hydrogen-bond acceptors (Lipinski definition) is 2. The molecular weight excluding hydrogens is 424 g/mol. The third-order valence-corrected chi connectivity index (χ3v) is 5.92. The predicted molar refractivity (Wildman–Crippen MR) is 138 cm³/mol. The minimum atomic E-state index is -0.350. The van der Waals surface area contributed by atoms with Gasteiger partial charge >= 0.3 is 6.03 Å². The zero-order chi connectivity index (χ0) is 23.7. The number of fused-ring (bicyclic) bond motifs is 1. The Kier molecular flexibility index (Phi) is 5.47. The van der Waals surface area contributed by atoms with Gasteiger partial charge in [0.25, 0.3) is 5.91 Å². The SMILES string of the molecule is Cc1[nH]c(/C=C2\C(=O)Nc3ccc(NC(=O)Nc4ccccc4)cc32)c(C)c1-c1ccccc1. The Hall–Kier alpha value is -4.58. The molecule has 2 heterocycles. The van der Waals surface area contributed by atoms with Crippen molar-refractivity contribution in [1.29, 1.82) is 0 Å². The summed E-state index contributed by atoms with van der Waals surface area (Å²) in [7, 11) is 0. The second kappa shape index (κ2) is 8.75. The van der Waals surface area contributed by atoms with Gasteiger partial charge in [0, 0.05) is 39.6 Å². The lowest BCUT2D eigenvalue weighted by Gasteiger charge is -2.09. The van der Waals surface area contributed by atoms with Crippen LogP contribution in [0.3, 0.4) is 0 Å². The van der Waals surface area contributed by atoms with Gasteiger partial charge in [-0.3, -0.25) is 4.79 Å². The summed E-state index contributed by atoms with van der Waals surface area (Å²) in [5, 5.41) is 8.55. The number of urea groups is 1. The first-order chi connectivity index (χ1) is 16.5. The molecule has 0 fully saturated rings. The number of nitrogens with one attached hydrogen (secondary N) is 4. The summed E-state index contributed by atoms with van der Waals surface area (Å²) in [5.74, 6) is -0.172. The van der Waals surface area contributed by atoms with E-state index in [2.05, 4.69) is 40.0 Å². The molecule has 0 bridgehead atoms. The summed E-state index contributed by atoms with van der Waals surface area (Å²) in [6.07, 6.45) is 1.88. The van der Waals surface area contributed by atoms with Crippen molar-refractivity contribution in [3.05, 3.63) is 101 Å². The van der Waals surface area contributed by atoms with E-state index in [0.717, 1.165) is 39.3 Å². The Morgan fingerprint density at radius 2 is 1.53 bits per heavy atom. The van der Waals surface area contributed by atoms with E-state index in [9.17, 15) is 9.59 Å². The lowest BCUT2D eigenvalue weighted by molar-refractivity contribution is -0.110. The molecular formula is C28H24N4O2. The van der Waals surface area contributed by atoms with Gasteiger partial charge in [0.05, 0.1) is 5.57 Å². The molecule has 4 aromatic rings. The molecule has 3 amide bonds. The van der Waals surface area contributed by atoms with Crippen molar-refractivity contribution in [1.82, 2.24) is 4.98 Å². The van der Waals surface area contributed by atoms with Crippen LogP contribution in [0.15, 0.2) is 78.9 Å². The van der Waals surface area contributed by atoms with Crippen LogP contribution in [0.5, 0.6) is 0 Å². The Morgan fingerprint density at radius 1 is 0.853 bits per heavy atom. The number of aromatic amines is 1. The molecule has 4 N–H and O–H groups in total. The van der Waals surface area contributed by atoms with Gasteiger partial charge < -0.3 is 20.9 Å². The minimum absolute atomic E-state index is 0.172. The van der Waals surface area contributed by atoms with Crippen molar-refractivity contribution in [3.8, 4) is 11.1 Å². The third kappa shape index (κ3) is 4.09. The van der Waals surface area contributed by atoms with Crippen LogP contribution < -0.4 is 16.0 Å². The Bertz CT molecular complexity index is 1420. The van der Waals surface area contributed by atoms with Gasteiger partial charge in [-0.25, -0.2) is 4.79 Å². The topological polar surface area (TPSA) is 86.0 Å². The Morgan fingerprint density at radius 3 is 2.26 bits per heavy atom. The number of hydrogen-bond donors (Lipinski definition) is 4. The number of rotatable bonds is 4. The van der Waals surface area contributed by atoms with E-state index < -0.39 is 0 Å². The molecule has 0 atom stereocenters. The zero-order valence-electron chi connectivity index (χ0n) is 18.9. The zero-order valence-corrected chi connectivity index (χ0v) is 18.9. The molecule has 3 aromatic carbocycles. The third-order valence-electron chi connectivity index (χ3n) is 5.92. The Balaban J connectivity index is 1.44. The molecule has 0 aliphatic carbocycles. The maximum absolute atomic E-state index is 12.8. The second-order valence-electron chi connectivity index (χ2n) is 8.25. The molecule has 5 rings (SSSR count). The quantitative estimate of drug-likeness (QED) is 0.271. The molecule has 1 aromatic heterocycles. The number of H-pyrrole nitrogens is 1. The second-order valence-corrected chi connectivity index (χ2v) is 8.25. The highest BCUT2D eigenvalue weighted by atomic mass is 16.2. The molecule has 0 spiro atoms. The number of amides is 3. The van der Waals surface area contributed by atoms with Crippen LogP contribution in [-0.4, -0.2) is 16.9 Å². The predicted octanol–water partition coefficient (Wildman–Crippen LogP) is 6.44. The first-order valence-electron chi connectivity index (χ1n) is 11.0. The minimum Gasteiger partial charge on any atom is -0.358 e. The largest absolute Gasteiger partial charge is 0.358 e. The monoisotopic (exact) mass is 448 g/mol. The van der Waals surface area contributed by atoms with Crippen molar-refractivity contribution >= 4 is 40.6 Å². The highest BCUT2D eigenvalue weighted by Crippen LogP contribution is 2.37. The molecule has 6 heteroatoms. The fourth-order valence-corrected chi connectivity index (χ4v) is 4.32. The maximum Gasteiger partial charge on any atom is 0.323 e. The lowest BCUT2D eigenvalue weighted by atomic mass is 10.00. The molecule has 6 nitrogen and oxygen atoms in total. The molecule has 1 aliphatic heterocycles. The van der Waals surface area contributed by atoms with Crippen LogP contribution >= 0.6 is 0 Å². The molecule has 0 radical (unpaired) electrons. The van der Waals surface area contributed by atoms with Crippen LogP contribution in [0.1, 0.15) is 22.5 Å². The van der Waals surface area contributed by atoms with Crippen molar-refractivity contribution in [2.24, 2.45) is 0 Å². The molecule has 0 saturated carbocycles. The van der Waals surface area contributed by atoms with Crippen molar-refractivity contribution in [2.75, 3.05) is 16.0 Å². The van der Waals surface area contributed by atoms with E-state index in [1.807, 2.05) is 67.6 Å². The summed E-state index contributed by atoms with van der Waals surface area (Å²) in [6, 6.07) is 24.4. The summed E-state index contributed by atoms with van der Waals surface area (Å²) in [5.41, 5.74) is 8.58. The van der Waals surface area contributed by atoms with Gasteiger partial charge in [0.2, 0.25) is 0 Å². The number of carbonyl (C=O) groups is 2. The summed E-state index contributed by atoms with van der Waals surface area (Å²) >= 11 is 0. The van der Waals surface area contributed by atoms with Crippen LogP contribution in [0.25, 0.3) is 22.8 Å². The number of aryl methyl sites for hydroxylation is 1. The maximum atomic E-state index is 12.8. The van der Waals surface area contributed by atoms with Crippen LogP contribution in [0.2, 0.25) is 0 Å². The average molecular weight is 449 g/mol. The first kappa shape index (κ1) is 21.3. The summed E-state index contributed by atoms with van der Waals surface area (Å²) in [4.78, 5) is 28.6. The number of anilines is 3. The molecule has 168 valence electrons. The van der Waals surface area contributed by atoms with E-state index in [4.69, 9.17) is 0 Å². The van der Waals surface area contributed by atoms with E-state index in [1.54, 1.807) is 12.1 Å². The fraction of sp³-hybridized carbons (Fsp3) is 0.0714. The molecule has 0 unspecified atom stereocenters. The van der Waals surface area contributed by atoms with Crippen molar-refractivity contribution in [2.45, 2.75) is 13.8 Å². The lowest BCUT2D eigenvalue weighted by Crippen LogP contribution is -2.19. The van der Waals surface area contributed by atoms with Crippen LogP contribution in [0, 0.1) is 13.8 Å². The van der Waals surface area contributed by atoms with Gasteiger partial charge in [-0.1, -0.05) is 48.5 Å². The molecule has 0 saturated heterocycles. The normalized spacial score (nSPS) is 13.5. The summed E-state index contributed by atoms with van der Waals surface area (Å²) in [6.45, 7) is 4.09. The highest BCUT2D eigenvalue weighted by molar-refractivity contribution is 6.35. The van der Waals surface area contributed by atoms with Crippen molar-refractivity contribution in [3.63, 3.8) is 0 Å². The molecule has 34 heavy (non-hydrogen) atoms. The van der Waals surface area contributed by atoms with E-state index in [1.165, 1.54) is 0 Å². The number of benzene rings is 3. The Labute approximate surface area is 197 Å². The first-order valence-corrected chi connectivity index (χ1v) is 11.0. The highest BCUT2D eigenvalue weighted by Gasteiger charge is 2.25. The number of aromatic nitrogens is 1. The smallest absolute Gasteiger partial charge is 0.323 e. The van der Waals surface area contributed by atoms with Gasteiger partial charge in [0.1, 0.15) is 0 Å².